The minimum atomic E-state index is -0.616. The Morgan fingerprint density at radius 1 is 1.38 bits per heavy atom. The quantitative estimate of drug-likeness (QED) is 0.908. The van der Waals surface area contributed by atoms with Gasteiger partial charge in [0.05, 0.1) is 13.2 Å². The van der Waals surface area contributed by atoms with E-state index in [0.29, 0.717) is 26.3 Å². The molecule has 0 atom stereocenters. The van der Waals surface area contributed by atoms with Crippen molar-refractivity contribution >= 4 is 17.7 Å². The van der Waals surface area contributed by atoms with Crippen LogP contribution in [0, 0.1) is 5.82 Å². The number of hydrogen-bond donors (Lipinski definition) is 1. The van der Waals surface area contributed by atoms with Crippen LogP contribution in [0.4, 0.5) is 20.8 Å². The maximum atomic E-state index is 13.9. The zero-order chi connectivity index (χ0) is 15.5. The number of carbonyl (C=O) groups is 1. The fourth-order valence-electron chi connectivity index (χ4n) is 1.91. The number of rotatable bonds is 2. The van der Waals surface area contributed by atoms with E-state index in [9.17, 15) is 9.18 Å². The first kappa shape index (κ1) is 15.5. The zero-order valence-electron chi connectivity index (χ0n) is 12.5. The van der Waals surface area contributed by atoms with Crippen molar-refractivity contribution in [2.75, 3.05) is 36.5 Å². The van der Waals surface area contributed by atoms with Crippen molar-refractivity contribution < 1.29 is 18.7 Å². The molecule has 0 saturated carbocycles. The van der Waals surface area contributed by atoms with Crippen LogP contribution >= 0.6 is 0 Å². The second-order valence-electron chi connectivity index (χ2n) is 5.73. The molecule has 1 fully saturated rings. The van der Waals surface area contributed by atoms with E-state index in [1.54, 1.807) is 25.7 Å². The fraction of sp³-hybridized carbons (Fsp3) is 0.571. The summed E-state index contributed by atoms with van der Waals surface area (Å²) in [4.78, 5) is 17.6. The van der Waals surface area contributed by atoms with E-state index in [-0.39, 0.29) is 11.6 Å². The van der Waals surface area contributed by atoms with Gasteiger partial charge in [0.15, 0.2) is 11.6 Å². The molecule has 1 aromatic heterocycles. The van der Waals surface area contributed by atoms with Gasteiger partial charge in [-0.3, -0.25) is 5.32 Å². The number of amides is 1. The van der Waals surface area contributed by atoms with E-state index in [2.05, 4.69) is 10.3 Å². The van der Waals surface area contributed by atoms with Crippen LogP contribution in [0.2, 0.25) is 0 Å². The van der Waals surface area contributed by atoms with E-state index < -0.39 is 17.5 Å². The van der Waals surface area contributed by atoms with E-state index in [1.807, 2.05) is 0 Å². The number of ether oxygens (including phenoxy) is 2. The van der Waals surface area contributed by atoms with Gasteiger partial charge in [-0.2, -0.15) is 0 Å². The number of pyridine rings is 1. The third-order valence-electron chi connectivity index (χ3n) is 2.77. The highest BCUT2D eigenvalue weighted by Crippen LogP contribution is 2.20. The average molecular weight is 297 g/mol. The van der Waals surface area contributed by atoms with Crippen LogP contribution in [-0.4, -0.2) is 43.0 Å². The molecule has 1 amide bonds. The zero-order valence-corrected chi connectivity index (χ0v) is 12.5. The Morgan fingerprint density at radius 3 is 2.67 bits per heavy atom. The van der Waals surface area contributed by atoms with Gasteiger partial charge in [0.25, 0.3) is 0 Å². The van der Waals surface area contributed by atoms with Gasteiger partial charge in [-0.1, -0.05) is 0 Å². The summed E-state index contributed by atoms with van der Waals surface area (Å²) in [5.74, 6) is 0.0469. The Hall–Kier alpha value is -1.89. The van der Waals surface area contributed by atoms with Crippen molar-refractivity contribution in [2.24, 2.45) is 0 Å². The van der Waals surface area contributed by atoms with Crippen LogP contribution in [-0.2, 0) is 9.47 Å². The largest absolute Gasteiger partial charge is 0.444 e. The van der Waals surface area contributed by atoms with Gasteiger partial charge >= 0.3 is 6.09 Å². The van der Waals surface area contributed by atoms with Gasteiger partial charge < -0.3 is 14.4 Å². The highest BCUT2D eigenvalue weighted by atomic mass is 19.1. The number of nitrogens with one attached hydrogen (secondary N) is 1. The minimum Gasteiger partial charge on any atom is -0.444 e. The van der Waals surface area contributed by atoms with E-state index in [1.165, 1.54) is 12.1 Å². The summed E-state index contributed by atoms with van der Waals surface area (Å²) in [6, 6.07) is 2.69. The molecule has 6 nitrogen and oxygen atoms in total. The van der Waals surface area contributed by atoms with Crippen molar-refractivity contribution in [3.05, 3.63) is 17.9 Å². The van der Waals surface area contributed by atoms with E-state index >= 15 is 0 Å². The Labute approximate surface area is 123 Å². The molecule has 1 saturated heterocycles. The third kappa shape index (κ3) is 4.56. The summed E-state index contributed by atoms with van der Waals surface area (Å²) < 4.78 is 24.2. The lowest BCUT2D eigenvalue weighted by Gasteiger charge is -2.28. The van der Waals surface area contributed by atoms with Crippen LogP contribution in [0.1, 0.15) is 20.8 Å². The van der Waals surface area contributed by atoms with Crippen LogP contribution in [0.15, 0.2) is 12.1 Å². The molecule has 1 aliphatic rings. The number of hydrogen-bond acceptors (Lipinski definition) is 5. The topological polar surface area (TPSA) is 63.7 Å². The molecular formula is C14H20FN3O3. The summed E-state index contributed by atoms with van der Waals surface area (Å²) in [6.45, 7) is 7.51. The average Bonchev–Trinajstić information content (AvgIpc) is 2.40. The van der Waals surface area contributed by atoms with Gasteiger partial charge in [-0.15, -0.1) is 0 Å². The number of carbonyl (C=O) groups excluding carboxylic acids is 1. The summed E-state index contributed by atoms with van der Waals surface area (Å²) in [5.41, 5.74) is -0.600. The molecule has 7 heteroatoms. The Bertz CT molecular complexity index is 511. The number of halogens is 1. The van der Waals surface area contributed by atoms with Gasteiger partial charge in [0, 0.05) is 13.1 Å². The van der Waals surface area contributed by atoms with Gasteiger partial charge in [0.2, 0.25) is 0 Å². The molecule has 21 heavy (non-hydrogen) atoms. The molecule has 116 valence electrons. The number of anilines is 2. The van der Waals surface area contributed by atoms with Crippen LogP contribution in [0.25, 0.3) is 0 Å². The minimum absolute atomic E-state index is 0.215. The lowest BCUT2D eigenvalue weighted by molar-refractivity contribution is 0.0635. The Kier molecular flexibility index (Phi) is 4.62. The first-order chi connectivity index (χ1) is 9.85. The molecule has 0 aliphatic carbocycles. The Balaban J connectivity index is 2.09. The molecule has 1 N–H and O–H groups in total. The van der Waals surface area contributed by atoms with E-state index in [4.69, 9.17) is 9.47 Å². The van der Waals surface area contributed by atoms with Crippen molar-refractivity contribution in [3.63, 3.8) is 0 Å². The lowest BCUT2D eigenvalue weighted by atomic mass is 10.2. The van der Waals surface area contributed by atoms with Crippen molar-refractivity contribution in [1.82, 2.24) is 4.98 Å². The van der Waals surface area contributed by atoms with E-state index in [0.717, 1.165) is 0 Å². The molecule has 2 rings (SSSR count). The maximum absolute atomic E-state index is 13.9. The predicted molar refractivity (Wildman–Crippen MR) is 77.1 cm³/mol. The molecule has 1 aliphatic heterocycles. The summed E-state index contributed by atoms with van der Waals surface area (Å²) in [6.07, 6.45) is -0.616. The first-order valence-corrected chi connectivity index (χ1v) is 6.84. The predicted octanol–water partition coefficient (Wildman–Crippen LogP) is 2.40. The van der Waals surface area contributed by atoms with Gasteiger partial charge in [-0.25, -0.2) is 14.2 Å². The highest BCUT2D eigenvalue weighted by molar-refractivity contribution is 5.83. The number of nitrogens with zero attached hydrogens (tertiary/aromatic N) is 2. The van der Waals surface area contributed by atoms with Crippen LogP contribution in [0.5, 0.6) is 0 Å². The molecule has 2 heterocycles. The summed E-state index contributed by atoms with van der Waals surface area (Å²) in [7, 11) is 0. The second kappa shape index (κ2) is 6.26. The molecule has 0 spiro atoms. The van der Waals surface area contributed by atoms with Gasteiger partial charge in [0.1, 0.15) is 11.4 Å². The molecular weight excluding hydrogens is 277 g/mol. The molecule has 1 aromatic rings. The third-order valence-corrected chi connectivity index (χ3v) is 2.77. The molecule has 0 aromatic carbocycles. The standard InChI is InChI=1S/C14H20FN3O3/c1-14(2,3)21-13(19)17-11-5-4-10(15)12(16-11)18-6-8-20-9-7-18/h4-5H,6-9H2,1-3H3,(H,16,17,19). The SMILES string of the molecule is CC(C)(C)OC(=O)Nc1ccc(F)c(N2CCOCC2)n1. The summed E-state index contributed by atoms with van der Waals surface area (Å²) >= 11 is 0. The van der Waals surface area contributed by atoms with Crippen molar-refractivity contribution in [3.8, 4) is 0 Å². The molecule has 0 unspecified atom stereocenters. The van der Waals surface area contributed by atoms with Crippen LogP contribution < -0.4 is 10.2 Å². The summed E-state index contributed by atoms with van der Waals surface area (Å²) in [5, 5.41) is 2.51. The van der Waals surface area contributed by atoms with Crippen molar-refractivity contribution in [1.29, 1.82) is 0 Å². The number of morpholine rings is 1. The van der Waals surface area contributed by atoms with Crippen LogP contribution in [0.3, 0.4) is 0 Å². The maximum Gasteiger partial charge on any atom is 0.413 e. The first-order valence-electron chi connectivity index (χ1n) is 6.84. The second-order valence-corrected chi connectivity index (χ2v) is 5.73. The molecule has 0 radical (unpaired) electrons. The monoisotopic (exact) mass is 297 g/mol. The molecule has 0 bridgehead atoms. The fourth-order valence-corrected chi connectivity index (χ4v) is 1.91. The highest BCUT2D eigenvalue weighted by Gasteiger charge is 2.19. The normalized spacial score (nSPS) is 15.7. The van der Waals surface area contributed by atoms with Gasteiger partial charge in [-0.05, 0) is 32.9 Å². The number of aromatic nitrogens is 1. The lowest BCUT2D eigenvalue weighted by Crippen LogP contribution is -2.37. The smallest absolute Gasteiger partial charge is 0.413 e. The van der Waals surface area contributed by atoms with Crippen molar-refractivity contribution in [2.45, 2.75) is 26.4 Å². The Morgan fingerprint density at radius 2 is 2.05 bits per heavy atom.